The van der Waals surface area contributed by atoms with Gasteiger partial charge in [0.25, 0.3) is 0 Å². The lowest BCUT2D eigenvalue weighted by atomic mass is 9.49. The van der Waals surface area contributed by atoms with E-state index in [1.165, 1.54) is 44.9 Å². The van der Waals surface area contributed by atoms with Crippen molar-refractivity contribution >= 4 is 0 Å². The molecule has 17 heavy (non-hydrogen) atoms. The summed E-state index contributed by atoms with van der Waals surface area (Å²) in [5, 5.41) is 0. The quantitative estimate of drug-likeness (QED) is 0.655. The van der Waals surface area contributed by atoms with Gasteiger partial charge in [-0.05, 0) is 61.7 Å². The molecular weight excluding hydrogens is 208 g/mol. The molecule has 98 valence electrons. The molecule has 4 fully saturated rings. The molecule has 4 unspecified atom stereocenters. The Kier molecular flexibility index (Phi) is 2.47. The number of hydrogen-bond acceptors (Lipinski definition) is 1. The number of hydrogen-bond donors (Lipinski definition) is 0. The highest BCUT2D eigenvalue weighted by molar-refractivity contribution is 5.13. The maximum atomic E-state index is 6.03. The van der Waals surface area contributed by atoms with Crippen molar-refractivity contribution in [3.05, 3.63) is 0 Å². The van der Waals surface area contributed by atoms with Crippen LogP contribution in [0.4, 0.5) is 0 Å². The summed E-state index contributed by atoms with van der Waals surface area (Å²) in [6.45, 7) is 7.45. The summed E-state index contributed by atoms with van der Waals surface area (Å²) in [7, 11) is 1.94. The first kappa shape index (κ1) is 12.0. The Hall–Kier alpha value is -0.0400. The zero-order valence-electron chi connectivity index (χ0n) is 12.0. The topological polar surface area (TPSA) is 9.23 Å². The van der Waals surface area contributed by atoms with Gasteiger partial charge in [0.2, 0.25) is 0 Å². The molecule has 4 saturated carbocycles. The minimum absolute atomic E-state index is 0.140. The fourth-order valence-electron chi connectivity index (χ4n) is 6.30. The van der Waals surface area contributed by atoms with Crippen LogP contribution in [-0.4, -0.2) is 12.7 Å². The van der Waals surface area contributed by atoms with Crippen molar-refractivity contribution in [3.8, 4) is 0 Å². The summed E-state index contributed by atoms with van der Waals surface area (Å²) in [6.07, 6.45) is 10.0. The van der Waals surface area contributed by atoms with Crippen LogP contribution in [0.3, 0.4) is 0 Å². The second kappa shape index (κ2) is 3.50. The second-order valence-electron chi connectivity index (χ2n) is 7.77. The van der Waals surface area contributed by atoms with Crippen LogP contribution in [0.2, 0.25) is 0 Å². The van der Waals surface area contributed by atoms with E-state index in [4.69, 9.17) is 4.74 Å². The van der Waals surface area contributed by atoms with Gasteiger partial charge in [-0.15, -0.1) is 0 Å². The van der Waals surface area contributed by atoms with E-state index in [0.717, 1.165) is 11.8 Å². The minimum atomic E-state index is 0.140. The average Bonchev–Trinajstić information content (AvgIpc) is 2.56. The van der Waals surface area contributed by atoms with E-state index in [0.29, 0.717) is 10.8 Å². The zero-order valence-corrected chi connectivity index (χ0v) is 12.0. The monoisotopic (exact) mass is 236 g/mol. The van der Waals surface area contributed by atoms with E-state index in [9.17, 15) is 0 Å². The average molecular weight is 236 g/mol. The molecule has 0 N–H and O–H groups in total. The van der Waals surface area contributed by atoms with E-state index < -0.39 is 0 Å². The van der Waals surface area contributed by atoms with Gasteiger partial charge in [0.15, 0.2) is 0 Å². The van der Waals surface area contributed by atoms with Gasteiger partial charge in [-0.2, -0.15) is 0 Å². The fraction of sp³-hybridized carbons (Fsp3) is 1.00. The lowest BCUT2D eigenvalue weighted by Crippen LogP contribution is -2.56. The van der Waals surface area contributed by atoms with Crippen molar-refractivity contribution < 1.29 is 4.74 Å². The molecule has 0 aromatic rings. The van der Waals surface area contributed by atoms with Crippen LogP contribution in [0.5, 0.6) is 0 Å². The molecule has 2 bridgehead atoms. The molecule has 1 spiro atoms. The smallest absolute Gasteiger partial charge is 0.0689 e. The zero-order chi connectivity index (χ0) is 12.3. The van der Waals surface area contributed by atoms with Crippen molar-refractivity contribution in [1.29, 1.82) is 0 Å². The van der Waals surface area contributed by atoms with E-state index in [-0.39, 0.29) is 5.60 Å². The Morgan fingerprint density at radius 3 is 2.12 bits per heavy atom. The summed E-state index contributed by atoms with van der Waals surface area (Å²) in [5.74, 6) is 1.73. The maximum absolute atomic E-state index is 6.03. The molecule has 4 aliphatic carbocycles. The molecule has 4 atom stereocenters. The standard InChI is InChI=1S/C16H28O/c1-14(2)12-7-5-9-16(10-6-8-13(14)16)11-15(12,3)17-4/h12-13H,5-11H2,1-4H3. The Morgan fingerprint density at radius 2 is 1.53 bits per heavy atom. The number of ether oxygens (including phenoxy) is 1. The lowest BCUT2D eigenvalue weighted by Gasteiger charge is -2.58. The van der Waals surface area contributed by atoms with Gasteiger partial charge in [-0.25, -0.2) is 0 Å². The summed E-state index contributed by atoms with van der Waals surface area (Å²) >= 11 is 0. The highest BCUT2D eigenvalue weighted by Gasteiger charge is 2.63. The number of fused-ring (bicyclic) bond motifs is 3. The third-order valence-electron chi connectivity index (χ3n) is 6.78. The highest BCUT2D eigenvalue weighted by Crippen LogP contribution is 2.69. The Morgan fingerprint density at radius 1 is 0.941 bits per heavy atom. The maximum Gasteiger partial charge on any atom is 0.0689 e. The van der Waals surface area contributed by atoms with Crippen LogP contribution in [0.15, 0.2) is 0 Å². The normalized spacial score (nSPS) is 52.2. The van der Waals surface area contributed by atoms with E-state index in [1.807, 2.05) is 7.11 Å². The van der Waals surface area contributed by atoms with Crippen molar-refractivity contribution in [3.63, 3.8) is 0 Å². The molecule has 1 nitrogen and oxygen atoms in total. The number of rotatable bonds is 1. The van der Waals surface area contributed by atoms with E-state index in [1.54, 1.807) is 0 Å². The predicted octanol–water partition coefficient (Wildman–Crippen LogP) is 4.41. The molecule has 0 aromatic heterocycles. The van der Waals surface area contributed by atoms with Crippen molar-refractivity contribution in [2.45, 2.75) is 71.3 Å². The molecule has 0 aromatic carbocycles. The number of methoxy groups -OCH3 is 1. The van der Waals surface area contributed by atoms with E-state index in [2.05, 4.69) is 20.8 Å². The van der Waals surface area contributed by atoms with Gasteiger partial charge in [0, 0.05) is 7.11 Å². The molecular formula is C16H28O. The Balaban J connectivity index is 2.10. The van der Waals surface area contributed by atoms with Gasteiger partial charge in [-0.3, -0.25) is 0 Å². The molecule has 0 amide bonds. The molecule has 4 rings (SSSR count). The van der Waals surface area contributed by atoms with Crippen LogP contribution in [0.25, 0.3) is 0 Å². The van der Waals surface area contributed by atoms with Gasteiger partial charge < -0.3 is 4.74 Å². The molecule has 0 radical (unpaired) electrons. The van der Waals surface area contributed by atoms with Gasteiger partial charge in [0.1, 0.15) is 0 Å². The van der Waals surface area contributed by atoms with Crippen molar-refractivity contribution in [1.82, 2.24) is 0 Å². The van der Waals surface area contributed by atoms with Crippen LogP contribution >= 0.6 is 0 Å². The molecule has 0 aliphatic heterocycles. The third kappa shape index (κ3) is 1.41. The first-order valence-electron chi connectivity index (χ1n) is 7.50. The van der Waals surface area contributed by atoms with E-state index >= 15 is 0 Å². The SMILES string of the molecule is COC1(C)CC23CCCC2C(C)(C)C1CCC3. The summed E-state index contributed by atoms with van der Waals surface area (Å²) < 4.78 is 6.03. The minimum Gasteiger partial charge on any atom is -0.378 e. The highest BCUT2D eigenvalue weighted by atomic mass is 16.5. The molecule has 0 saturated heterocycles. The fourth-order valence-corrected chi connectivity index (χ4v) is 6.30. The van der Waals surface area contributed by atoms with Crippen LogP contribution in [0, 0.1) is 22.7 Å². The Labute approximate surface area is 106 Å². The molecule has 0 heterocycles. The lowest BCUT2D eigenvalue weighted by molar-refractivity contribution is -0.172. The summed E-state index contributed by atoms with van der Waals surface area (Å²) in [5.41, 5.74) is 1.25. The van der Waals surface area contributed by atoms with Crippen LogP contribution < -0.4 is 0 Å². The summed E-state index contributed by atoms with van der Waals surface area (Å²) in [6, 6.07) is 0. The summed E-state index contributed by atoms with van der Waals surface area (Å²) in [4.78, 5) is 0. The van der Waals surface area contributed by atoms with Gasteiger partial charge >= 0.3 is 0 Å². The van der Waals surface area contributed by atoms with Crippen LogP contribution in [0.1, 0.15) is 65.7 Å². The third-order valence-corrected chi connectivity index (χ3v) is 6.78. The van der Waals surface area contributed by atoms with Crippen LogP contribution in [-0.2, 0) is 4.74 Å². The van der Waals surface area contributed by atoms with Crippen molar-refractivity contribution in [2.24, 2.45) is 22.7 Å². The molecule has 4 aliphatic rings. The first-order chi connectivity index (χ1) is 7.95. The van der Waals surface area contributed by atoms with Gasteiger partial charge in [-0.1, -0.05) is 26.7 Å². The largest absolute Gasteiger partial charge is 0.378 e. The molecule has 1 heteroatoms. The van der Waals surface area contributed by atoms with Gasteiger partial charge in [0.05, 0.1) is 5.60 Å². The first-order valence-corrected chi connectivity index (χ1v) is 7.50. The second-order valence-corrected chi connectivity index (χ2v) is 7.77. The Bertz CT molecular complexity index is 321. The predicted molar refractivity (Wildman–Crippen MR) is 70.9 cm³/mol. The van der Waals surface area contributed by atoms with Crippen molar-refractivity contribution in [2.75, 3.05) is 7.11 Å².